The molecule has 0 aliphatic heterocycles. The van der Waals surface area contributed by atoms with Gasteiger partial charge in [-0.3, -0.25) is 4.79 Å². The molecule has 0 bridgehead atoms. The van der Waals surface area contributed by atoms with E-state index in [0.717, 1.165) is 18.2 Å². The minimum absolute atomic E-state index is 0.0523. The maximum absolute atomic E-state index is 12.2. The van der Waals surface area contributed by atoms with Crippen LogP contribution in [0.5, 0.6) is 5.75 Å². The number of carbonyl (C=O) groups is 1. The Balaban J connectivity index is 1.88. The lowest BCUT2D eigenvalue weighted by atomic mass is 10.1. The van der Waals surface area contributed by atoms with Crippen molar-refractivity contribution in [1.29, 1.82) is 0 Å². The topological polar surface area (TPSA) is 51.5 Å². The van der Waals surface area contributed by atoms with Crippen molar-refractivity contribution >= 4 is 16.9 Å². The summed E-state index contributed by atoms with van der Waals surface area (Å²) in [5.41, 5.74) is 1.27. The third kappa shape index (κ3) is 2.30. The quantitative estimate of drug-likeness (QED) is 0.921. The van der Waals surface area contributed by atoms with Gasteiger partial charge in [0.25, 0.3) is 5.91 Å². The van der Waals surface area contributed by atoms with Crippen molar-refractivity contribution < 1.29 is 13.9 Å². The van der Waals surface area contributed by atoms with Crippen molar-refractivity contribution in [1.82, 2.24) is 5.32 Å². The predicted molar refractivity (Wildman–Crippen MR) is 72.5 cm³/mol. The van der Waals surface area contributed by atoms with Crippen LogP contribution in [-0.4, -0.2) is 19.1 Å². The molecule has 19 heavy (non-hydrogen) atoms. The number of rotatable bonds is 3. The van der Waals surface area contributed by atoms with Crippen molar-refractivity contribution in [2.75, 3.05) is 7.11 Å². The first kappa shape index (κ1) is 12.1. The number of fused-ring (bicyclic) bond motifs is 1. The molecule has 0 spiro atoms. The fourth-order valence-electron chi connectivity index (χ4n) is 2.68. The van der Waals surface area contributed by atoms with Crippen molar-refractivity contribution in [3.8, 4) is 5.75 Å². The molecule has 1 aliphatic rings. The second-order valence-electron chi connectivity index (χ2n) is 4.97. The second-order valence-corrected chi connectivity index (χ2v) is 4.97. The van der Waals surface area contributed by atoms with Gasteiger partial charge in [0.1, 0.15) is 11.3 Å². The number of amides is 1. The van der Waals surface area contributed by atoms with Crippen LogP contribution in [-0.2, 0) is 0 Å². The number of methoxy groups -OCH3 is 1. The summed E-state index contributed by atoms with van der Waals surface area (Å²) >= 11 is 0. The van der Waals surface area contributed by atoms with E-state index in [1.807, 2.05) is 6.07 Å². The largest absolute Gasteiger partial charge is 0.496 e. The Kier molecular flexibility index (Phi) is 3.15. The minimum atomic E-state index is -0.0523. The van der Waals surface area contributed by atoms with E-state index in [0.29, 0.717) is 22.9 Å². The Morgan fingerprint density at radius 3 is 2.89 bits per heavy atom. The average molecular weight is 259 g/mol. The Bertz CT molecular complexity index is 596. The van der Waals surface area contributed by atoms with E-state index >= 15 is 0 Å². The van der Waals surface area contributed by atoms with Gasteiger partial charge in [-0.2, -0.15) is 0 Å². The Hall–Kier alpha value is -1.97. The fourth-order valence-corrected chi connectivity index (χ4v) is 2.68. The van der Waals surface area contributed by atoms with E-state index < -0.39 is 0 Å². The van der Waals surface area contributed by atoms with E-state index in [4.69, 9.17) is 9.15 Å². The highest BCUT2D eigenvalue weighted by molar-refractivity contribution is 5.99. The number of hydrogen-bond donors (Lipinski definition) is 1. The van der Waals surface area contributed by atoms with E-state index in [9.17, 15) is 4.79 Å². The standard InChI is InChI=1S/C15H17NO3/c1-18-13-8-10(9-14-12(13)6-7-19-14)15(17)16-11-4-2-3-5-11/h6-9,11H,2-5H2,1H3,(H,16,17). The number of furan rings is 1. The van der Waals surface area contributed by atoms with E-state index in [2.05, 4.69) is 5.32 Å². The maximum atomic E-state index is 12.2. The molecule has 1 N–H and O–H groups in total. The second kappa shape index (κ2) is 4.96. The monoisotopic (exact) mass is 259 g/mol. The SMILES string of the molecule is COc1cc(C(=O)NC2CCCC2)cc2occc12. The lowest BCUT2D eigenvalue weighted by Crippen LogP contribution is -2.32. The van der Waals surface area contributed by atoms with Gasteiger partial charge in [-0.25, -0.2) is 0 Å². The molecular weight excluding hydrogens is 242 g/mol. The van der Waals surface area contributed by atoms with E-state index in [-0.39, 0.29) is 5.91 Å². The number of ether oxygens (including phenoxy) is 1. The summed E-state index contributed by atoms with van der Waals surface area (Å²) in [4.78, 5) is 12.2. The lowest BCUT2D eigenvalue weighted by molar-refractivity contribution is 0.0937. The average Bonchev–Trinajstić information content (AvgIpc) is 3.07. The highest BCUT2D eigenvalue weighted by atomic mass is 16.5. The van der Waals surface area contributed by atoms with Crippen molar-refractivity contribution in [3.63, 3.8) is 0 Å². The summed E-state index contributed by atoms with van der Waals surface area (Å²) in [5, 5.41) is 3.96. The lowest BCUT2D eigenvalue weighted by Gasteiger charge is -2.12. The van der Waals surface area contributed by atoms with E-state index in [1.165, 1.54) is 12.8 Å². The van der Waals surface area contributed by atoms with Gasteiger partial charge < -0.3 is 14.5 Å². The van der Waals surface area contributed by atoms with Crippen LogP contribution in [0.2, 0.25) is 0 Å². The third-order valence-corrected chi connectivity index (χ3v) is 3.71. The van der Waals surface area contributed by atoms with Crippen molar-refractivity contribution in [2.24, 2.45) is 0 Å². The molecule has 1 fully saturated rings. The highest BCUT2D eigenvalue weighted by Gasteiger charge is 2.19. The summed E-state index contributed by atoms with van der Waals surface area (Å²) in [6.45, 7) is 0. The predicted octanol–water partition coefficient (Wildman–Crippen LogP) is 3.11. The molecule has 1 aliphatic carbocycles. The Labute approximate surface area is 111 Å². The summed E-state index contributed by atoms with van der Waals surface area (Å²) in [7, 11) is 1.60. The summed E-state index contributed by atoms with van der Waals surface area (Å²) in [5.74, 6) is 0.617. The van der Waals surface area contributed by atoms with Crippen LogP contribution in [0.3, 0.4) is 0 Å². The van der Waals surface area contributed by atoms with Crippen molar-refractivity contribution in [3.05, 3.63) is 30.0 Å². The first-order chi connectivity index (χ1) is 9.28. The van der Waals surface area contributed by atoms with Crippen LogP contribution in [0.15, 0.2) is 28.9 Å². The number of benzene rings is 1. The fraction of sp³-hybridized carbons (Fsp3) is 0.400. The van der Waals surface area contributed by atoms with Crippen LogP contribution in [0, 0.1) is 0 Å². The molecule has 1 saturated carbocycles. The number of carbonyl (C=O) groups excluding carboxylic acids is 1. The normalized spacial score (nSPS) is 15.8. The Morgan fingerprint density at radius 1 is 1.37 bits per heavy atom. The molecule has 1 aromatic carbocycles. The van der Waals surface area contributed by atoms with Gasteiger partial charge in [-0.15, -0.1) is 0 Å². The van der Waals surface area contributed by atoms with Crippen molar-refractivity contribution in [2.45, 2.75) is 31.7 Å². The van der Waals surface area contributed by atoms with Gasteiger partial charge >= 0.3 is 0 Å². The molecule has 2 aromatic rings. The number of nitrogens with one attached hydrogen (secondary N) is 1. The van der Waals surface area contributed by atoms with E-state index in [1.54, 1.807) is 25.5 Å². The maximum Gasteiger partial charge on any atom is 0.251 e. The third-order valence-electron chi connectivity index (χ3n) is 3.71. The zero-order chi connectivity index (χ0) is 13.2. The smallest absolute Gasteiger partial charge is 0.251 e. The van der Waals surface area contributed by atoms with Gasteiger partial charge in [0.05, 0.1) is 18.8 Å². The Morgan fingerprint density at radius 2 is 2.16 bits per heavy atom. The minimum Gasteiger partial charge on any atom is -0.496 e. The molecule has 1 heterocycles. The summed E-state index contributed by atoms with van der Waals surface area (Å²) in [6.07, 6.45) is 6.15. The molecule has 0 atom stereocenters. The van der Waals surface area contributed by atoms with Crippen LogP contribution in [0.4, 0.5) is 0 Å². The molecular formula is C15H17NO3. The van der Waals surface area contributed by atoms with Gasteiger partial charge in [-0.1, -0.05) is 12.8 Å². The van der Waals surface area contributed by atoms with Crippen LogP contribution < -0.4 is 10.1 Å². The molecule has 0 saturated heterocycles. The van der Waals surface area contributed by atoms with Gasteiger partial charge in [-0.05, 0) is 31.0 Å². The van der Waals surface area contributed by atoms with Gasteiger partial charge in [0.2, 0.25) is 0 Å². The van der Waals surface area contributed by atoms with Gasteiger partial charge in [0, 0.05) is 11.6 Å². The molecule has 3 rings (SSSR count). The highest BCUT2D eigenvalue weighted by Crippen LogP contribution is 2.28. The van der Waals surface area contributed by atoms with Crippen LogP contribution in [0.1, 0.15) is 36.0 Å². The zero-order valence-corrected chi connectivity index (χ0v) is 10.9. The van der Waals surface area contributed by atoms with Crippen LogP contribution in [0.25, 0.3) is 11.0 Å². The summed E-state index contributed by atoms with van der Waals surface area (Å²) in [6, 6.07) is 5.68. The van der Waals surface area contributed by atoms with Gasteiger partial charge in [0.15, 0.2) is 0 Å². The molecule has 1 aromatic heterocycles. The molecule has 100 valence electrons. The zero-order valence-electron chi connectivity index (χ0n) is 10.9. The first-order valence-corrected chi connectivity index (χ1v) is 6.64. The molecule has 0 radical (unpaired) electrons. The molecule has 4 heteroatoms. The molecule has 0 unspecified atom stereocenters. The first-order valence-electron chi connectivity index (χ1n) is 6.64. The summed E-state index contributed by atoms with van der Waals surface area (Å²) < 4.78 is 10.7. The molecule has 1 amide bonds. The number of hydrogen-bond acceptors (Lipinski definition) is 3. The molecule has 4 nitrogen and oxygen atoms in total. The van der Waals surface area contributed by atoms with Crippen LogP contribution >= 0.6 is 0 Å².